The normalized spacial score (nSPS) is 15.1. The molecule has 32 heavy (non-hydrogen) atoms. The maximum absolute atomic E-state index is 11.5. The number of hydrogen-bond donors (Lipinski definition) is 3. The van der Waals surface area contributed by atoms with Gasteiger partial charge in [0.05, 0.1) is 17.4 Å². The average molecular weight is 431 g/mol. The molecule has 3 N–H and O–H groups in total. The second-order valence-corrected chi connectivity index (χ2v) is 8.22. The number of carbonyl (C=O) groups is 1. The summed E-state index contributed by atoms with van der Waals surface area (Å²) in [7, 11) is 2.10. The lowest BCUT2D eigenvalue weighted by atomic mass is 9.93. The Hall–Kier alpha value is -3.38. The van der Waals surface area contributed by atoms with Crippen LogP contribution >= 0.6 is 0 Å². The number of hydrogen-bond acceptors (Lipinski definition) is 5. The van der Waals surface area contributed by atoms with Gasteiger partial charge in [-0.2, -0.15) is 0 Å². The van der Waals surface area contributed by atoms with Crippen LogP contribution in [-0.2, 0) is 12.8 Å². The fourth-order valence-corrected chi connectivity index (χ4v) is 4.29. The first-order chi connectivity index (χ1) is 15.6. The van der Waals surface area contributed by atoms with Gasteiger partial charge in [0.15, 0.2) is 0 Å². The van der Waals surface area contributed by atoms with Crippen LogP contribution in [0, 0.1) is 0 Å². The first-order valence-corrected chi connectivity index (χ1v) is 11.2. The summed E-state index contributed by atoms with van der Waals surface area (Å²) in [6.07, 6.45) is 6.30. The lowest BCUT2D eigenvalue weighted by Gasteiger charge is -2.29. The lowest BCUT2D eigenvalue weighted by Crippen LogP contribution is -2.34. The summed E-state index contributed by atoms with van der Waals surface area (Å²) in [5, 5.41) is 16.2. The van der Waals surface area contributed by atoms with Gasteiger partial charge in [0.25, 0.3) is 0 Å². The van der Waals surface area contributed by atoms with Crippen LogP contribution in [-0.4, -0.2) is 36.2 Å². The molecule has 2 aromatic carbocycles. The minimum absolute atomic E-state index is 0.105. The molecule has 0 saturated carbocycles. The highest BCUT2D eigenvalue weighted by Crippen LogP contribution is 2.31. The molecule has 3 aromatic rings. The number of fused-ring (bicyclic) bond motifs is 1. The van der Waals surface area contributed by atoms with Crippen LogP contribution in [0.2, 0.25) is 0 Å². The minimum atomic E-state index is -0.956. The highest BCUT2D eigenvalue weighted by molar-refractivity contribution is 5.93. The van der Waals surface area contributed by atoms with Crippen molar-refractivity contribution in [1.29, 1.82) is 0 Å². The Bertz CT molecular complexity index is 1080. The van der Waals surface area contributed by atoms with Crippen molar-refractivity contribution in [2.75, 3.05) is 30.4 Å². The molecule has 1 aliphatic rings. The summed E-state index contributed by atoms with van der Waals surface area (Å²) in [5.41, 5.74) is 7.06. The topological polar surface area (TPSA) is 77.5 Å². The van der Waals surface area contributed by atoms with E-state index in [1.807, 2.05) is 0 Å². The van der Waals surface area contributed by atoms with Crippen LogP contribution in [0.4, 0.5) is 17.1 Å². The molecule has 4 rings (SSSR count). The second-order valence-electron chi connectivity index (χ2n) is 8.22. The van der Waals surface area contributed by atoms with Crippen molar-refractivity contribution < 1.29 is 9.90 Å². The van der Waals surface area contributed by atoms with E-state index in [-0.39, 0.29) is 11.6 Å². The van der Waals surface area contributed by atoms with Crippen LogP contribution in [0.1, 0.15) is 46.4 Å². The molecule has 0 bridgehead atoms. The number of rotatable bonds is 8. The molecule has 0 fully saturated rings. The molecule has 0 spiro atoms. The Morgan fingerprint density at radius 1 is 1.19 bits per heavy atom. The zero-order valence-corrected chi connectivity index (χ0v) is 18.6. The molecule has 2 heterocycles. The molecular weight excluding hydrogens is 400 g/mol. The number of pyridine rings is 1. The van der Waals surface area contributed by atoms with Crippen LogP contribution < -0.4 is 15.5 Å². The maximum atomic E-state index is 11.5. The number of aromatic nitrogens is 1. The van der Waals surface area contributed by atoms with Crippen molar-refractivity contribution in [2.45, 2.75) is 32.2 Å². The number of aryl methyl sites for hydroxylation is 1. The van der Waals surface area contributed by atoms with E-state index in [9.17, 15) is 9.90 Å². The summed E-state index contributed by atoms with van der Waals surface area (Å²) in [5.74, 6) is -0.956. The number of carboxylic acids is 1. The van der Waals surface area contributed by atoms with Gasteiger partial charge in [-0.15, -0.1) is 0 Å². The van der Waals surface area contributed by atoms with Crippen molar-refractivity contribution >= 4 is 23.0 Å². The summed E-state index contributed by atoms with van der Waals surface area (Å²) < 4.78 is 0. The van der Waals surface area contributed by atoms with E-state index in [1.54, 1.807) is 6.20 Å². The van der Waals surface area contributed by atoms with E-state index < -0.39 is 5.97 Å². The Labute approximate surface area is 189 Å². The van der Waals surface area contributed by atoms with E-state index in [4.69, 9.17) is 0 Å². The van der Waals surface area contributed by atoms with Gasteiger partial charge in [-0.05, 0) is 66.4 Å². The van der Waals surface area contributed by atoms with Gasteiger partial charge in [-0.3, -0.25) is 4.98 Å². The number of anilines is 3. The Morgan fingerprint density at radius 2 is 1.97 bits per heavy atom. The summed E-state index contributed by atoms with van der Waals surface area (Å²) in [6, 6.07) is 17.0. The van der Waals surface area contributed by atoms with E-state index in [0.29, 0.717) is 12.2 Å². The third-order valence-electron chi connectivity index (χ3n) is 6.08. The second kappa shape index (κ2) is 9.83. The molecule has 166 valence electrons. The fraction of sp³-hybridized carbons (Fsp3) is 0.308. The third-order valence-corrected chi connectivity index (χ3v) is 6.08. The third kappa shape index (κ3) is 4.75. The monoisotopic (exact) mass is 430 g/mol. The predicted molar refractivity (Wildman–Crippen MR) is 129 cm³/mol. The standard InChI is InChI=1S/C26H30N4O2/c1-3-4-18-5-7-20(8-6-18)30(2)21-9-10-22-19(15-21)11-14-28-25(22)17-29-24-16-27-13-12-23(24)26(31)32/h5-10,12-13,15-16,25,28-29H,3-4,11,14,17H2,1-2H3,(H,31,32). The molecule has 0 amide bonds. The van der Waals surface area contributed by atoms with Gasteiger partial charge >= 0.3 is 5.97 Å². The largest absolute Gasteiger partial charge is 0.478 e. The van der Waals surface area contributed by atoms with Gasteiger partial charge in [-0.1, -0.05) is 31.5 Å². The van der Waals surface area contributed by atoms with Crippen LogP contribution in [0.5, 0.6) is 0 Å². The number of nitrogens with one attached hydrogen (secondary N) is 2. The molecular formula is C26H30N4O2. The molecule has 6 nitrogen and oxygen atoms in total. The van der Waals surface area contributed by atoms with Crippen molar-refractivity contribution in [1.82, 2.24) is 10.3 Å². The molecule has 0 aliphatic carbocycles. The van der Waals surface area contributed by atoms with Gasteiger partial charge in [-0.25, -0.2) is 4.79 Å². The van der Waals surface area contributed by atoms with E-state index in [2.05, 4.69) is 77.0 Å². The Morgan fingerprint density at radius 3 is 2.72 bits per heavy atom. The molecule has 6 heteroatoms. The van der Waals surface area contributed by atoms with Gasteiger partial charge in [0.2, 0.25) is 0 Å². The van der Waals surface area contributed by atoms with Gasteiger partial charge in [0.1, 0.15) is 0 Å². The molecule has 0 radical (unpaired) electrons. The van der Waals surface area contributed by atoms with Crippen molar-refractivity contribution in [3.63, 3.8) is 0 Å². The summed E-state index contributed by atoms with van der Waals surface area (Å²) in [6.45, 7) is 3.68. The predicted octanol–water partition coefficient (Wildman–Crippen LogP) is 4.80. The highest BCUT2D eigenvalue weighted by atomic mass is 16.4. The van der Waals surface area contributed by atoms with Crippen LogP contribution in [0.15, 0.2) is 60.9 Å². The maximum Gasteiger partial charge on any atom is 0.337 e. The zero-order chi connectivity index (χ0) is 22.5. The van der Waals surface area contributed by atoms with Crippen molar-refractivity contribution in [3.05, 3.63) is 83.2 Å². The first kappa shape index (κ1) is 21.8. The Kier molecular flexibility index (Phi) is 6.71. The number of benzene rings is 2. The highest BCUT2D eigenvalue weighted by Gasteiger charge is 2.21. The quantitative estimate of drug-likeness (QED) is 0.477. The van der Waals surface area contributed by atoms with Crippen molar-refractivity contribution in [2.24, 2.45) is 0 Å². The molecule has 1 unspecified atom stereocenters. The number of carboxylic acid groups (broad SMARTS) is 1. The SMILES string of the molecule is CCCc1ccc(N(C)c2ccc3c(c2)CCNC3CNc2cnccc2C(=O)O)cc1. The molecule has 1 aliphatic heterocycles. The van der Waals surface area contributed by atoms with E-state index >= 15 is 0 Å². The van der Waals surface area contributed by atoms with Gasteiger partial charge in [0, 0.05) is 37.2 Å². The summed E-state index contributed by atoms with van der Waals surface area (Å²) >= 11 is 0. The number of nitrogens with zero attached hydrogens (tertiary/aromatic N) is 2. The minimum Gasteiger partial charge on any atom is -0.478 e. The van der Waals surface area contributed by atoms with Crippen LogP contribution in [0.25, 0.3) is 0 Å². The van der Waals surface area contributed by atoms with Gasteiger partial charge < -0.3 is 20.6 Å². The fourth-order valence-electron chi connectivity index (χ4n) is 4.29. The number of aromatic carboxylic acids is 1. The van der Waals surface area contributed by atoms with E-state index in [0.717, 1.165) is 25.8 Å². The zero-order valence-electron chi connectivity index (χ0n) is 18.6. The lowest BCUT2D eigenvalue weighted by molar-refractivity contribution is 0.0697. The molecule has 1 atom stereocenters. The Balaban J connectivity index is 1.49. The molecule has 0 saturated heterocycles. The molecule has 1 aromatic heterocycles. The van der Waals surface area contributed by atoms with Crippen molar-refractivity contribution in [3.8, 4) is 0 Å². The van der Waals surface area contributed by atoms with Crippen LogP contribution in [0.3, 0.4) is 0 Å². The summed E-state index contributed by atoms with van der Waals surface area (Å²) in [4.78, 5) is 17.7. The smallest absolute Gasteiger partial charge is 0.337 e. The van der Waals surface area contributed by atoms with E-state index in [1.165, 1.54) is 40.3 Å². The first-order valence-electron chi connectivity index (χ1n) is 11.2. The average Bonchev–Trinajstić information content (AvgIpc) is 2.82.